The Morgan fingerprint density at radius 1 is 1.00 bits per heavy atom. The molecule has 0 N–H and O–H groups in total. The number of carbonyl (C=O) groups is 1. The Balaban J connectivity index is 2.35. The Kier molecular flexibility index (Phi) is 7.83. The zero-order valence-electron chi connectivity index (χ0n) is 16.3. The first-order valence-corrected chi connectivity index (χ1v) is 10.3. The van der Waals surface area contributed by atoms with Crippen molar-refractivity contribution in [3.63, 3.8) is 0 Å². The lowest BCUT2D eigenvalue weighted by Gasteiger charge is -2.22. The molecule has 28 heavy (non-hydrogen) atoms. The summed E-state index contributed by atoms with van der Waals surface area (Å²) in [5, 5.41) is 0. The molecule has 0 aliphatic carbocycles. The third-order valence-corrected chi connectivity index (χ3v) is 5.91. The highest BCUT2D eigenvalue weighted by Gasteiger charge is 2.26. The third kappa shape index (κ3) is 5.46. The molecule has 2 rings (SSSR count). The lowest BCUT2D eigenvalue weighted by atomic mass is 10.2. The molecule has 0 saturated heterocycles. The second kappa shape index (κ2) is 10.1. The molecule has 152 valence electrons. The molecule has 0 fully saturated rings. The van der Waals surface area contributed by atoms with Gasteiger partial charge >= 0.3 is 5.97 Å². The lowest BCUT2D eigenvalue weighted by Crippen LogP contribution is -2.33. The van der Waals surface area contributed by atoms with Crippen LogP contribution in [0.25, 0.3) is 0 Å². The SMILES string of the molecule is CCOC(=O)CCN(Cc1ccccc1)S(=O)(=O)c1ccc(OC)c(OC)c1. The van der Waals surface area contributed by atoms with E-state index in [1.807, 2.05) is 30.3 Å². The minimum atomic E-state index is -3.88. The molecule has 0 unspecified atom stereocenters. The first-order valence-electron chi connectivity index (χ1n) is 8.84. The predicted molar refractivity (Wildman–Crippen MR) is 105 cm³/mol. The maximum atomic E-state index is 13.3. The molecule has 7 nitrogen and oxygen atoms in total. The third-order valence-electron chi connectivity index (χ3n) is 4.07. The van der Waals surface area contributed by atoms with Crippen LogP contribution in [0.4, 0.5) is 0 Å². The molecular weight excluding hydrogens is 382 g/mol. The lowest BCUT2D eigenvalue weighted by molar-refractivity contribution is -0.143. The Bertz CT molecular complexity index is 883. The maximum Gasteiger partial charge on any atom is 0.307 e. The van der Waals surface area contributed by atoms with Crippen LogP contribution in [0.5, 0.6) is 11.5 Å². The van der Waals surface area contributed by atoms with Crippen LogP contribution in [0.1, 0.15) is 18.9 Å². The Morgan fingerprint density at radius 3 is 2.29 bits per heavy atom. The van der Waals surface area contributed by atoms with E-state index in [-0.39, 0.29) is 31.0 Å². The van der Waals surface area contributed by atoms with Crippen molar-refractivity contribution >= 4 is 16.0 Å². The van der Waals surface area contributed by atoms with Gasteiger partial charge in [0.15, 0.2) is 11.5 Å². The zero-order valence-corrected chi connectivity index (χ0v) is 17.1. The highest BCUT2D eigenvalue weighted by Crippen LogP contribution is 2.31. The summed E-state index contributed by atoms with van der Waals surface area (Å²) in [5.74, 6) is 0.305. The molecule has 0 atom stereocenters. The second-order valence-electron chi connectivity index (χ2n) is 5.90. The van der Waals surface area contributed by atoms with Crippen molar-refractivity contribution < 1.29 is 27.4 Å². The van der Waals surface area contributed by atoms with Gasteiger partial charge in [0.1, 0.15) is 0 Å². The topological polar surface area (TPSA) is 82.1 Å². The van der Waals surface area contributed by atoms with E-state index in [0.29, 0.717) is 11.5 Å². The van der Waals surface area contributed by atoms with E-state index in [4.69, 9.17) is 14.2 Å². The Hall–Kier alpha value is -2.58. The molecule has 0 aliphatic rings. The monoisotopic (exact) mass is 407 g/mol. The number of methoxy groups -OCH3 is 2. The summed E-state index contributed by atoms with van der Waals surface area (Å²) in [7, 11) is -0.957. The average molecular weight is 407 g/mol. The smallest absolute Gasteiger partial charge is 0.307 e. The van der Waals surface area contributed by atoms with Crippen LogP contribution in [0, 0.1) is 0 Å². The molecule has 0 bridgehead atoms. The summed E-state index contributed by atoms with van der Waals surface area (Å²) in [6, 6.07) is 13.6. The molecule has 0 amide bonds. The van der Waals surface area contributed by atoms with E-state index in [1.165, 1.54) is 36.7 Å². The molecular formula is C20H25NO6S. The van der Waals surface area contributed by atoms with Gasteiger partial charge < -0.3 is 14.2 Å². The Labute approximate surface area is 165 Å². The van der Waals surface area contributed by atoms with E-state index in [9.17, 15) is 13.2 Å². The van der Waals surface area contributed by atoms with Gasteiger partial charge in [0.05, 0.1) is 32.1 Å². The van der Waals surface area contributed by atoms with Crippen molar-refractivity contribution in [2.75, 3.05) is 27.4 Å². The normalized spacial score (nSPS) is 11.3. The second-order valence-corrected chi connectivity index (χ2v) is 7.83. The number of sulfonamides is 1. The quantitative estimate of drug-likeness (QED) is 0.563. The van der Waals surface area contributed by atoms with E-state index >= 15 is 0 Å². The molecule has 0 aromatic heterocycles. The first-order chi connectivity index (χ1) is 13.4. The largest absolute Gasteiger partial charge is 0.493 e. The van der Waals surface area contributed by atoms with Gasteiger partial charge in [0.2, 0.25) is 10.0 Å². The molecule has 2 aromatic rings. The van der Waals surface area contributed by atoms with Crippen molar-refractivity contribution in [1.29, 1.82) is 0 Å². The van der Waals surface area contributed by atoms with Crippen LogP contribution in [0.15, 0.2) is 53.4 Å². The minimum absolute atomic E-state index is 0.00437. The predicted octanol–water partition coefficient (Wildman–Crippen LogP) is 2.85. The number of benzene rings is 2. The number of esters is 1. The number of nitrogens with zero attached hydrogens (tertiary/aromatic N) is 1. The summed E-state index contributed by atoms with van der Waals surface area (Å²) in [6.45, 7) is 2.10. The minimum Gasteiger partial charge on any atom is -0.493 e. The van der Waals surface area contributed by atoms with Gasteiger partial charge in [-0.1, -0.05) is 30.3 Å². The van der Waals surface area contributed by atoms with Crippen LogP contribution in [-0.4, -0.2) is 46.1 Å². The highest BCUT2D eigenvalue weighted by molar-refractivity contribution is 7.89. The highest BCUT2D eigenvalue weighted by atomic mass is 32.2. The Morgan fingerprint density at radius 2 is 1.68 bits per heavy atom. The number of ether oxygens (including phenoxy) is 3. The van der Waals surface area contributed by atoms with Crippen molar-refractivity contribution in [1.82, 2.24) is 4.31 Å². The molecule has 2 aromatic carbocycles. The number of hydrogen-bond acceptors (Lipinski definition) is 6. The van der Waals surface area contributed by atoms with Crippen molar-refractivity contribution in [2.24, 2.45) is 0 Å². The van der Waals surface area contributed by atoms with E-state index < -0.39 is 16.0 Å². The van der Waals surface area contributed by atoms with Crippen LogP contribution >= 0.6 is 0 Å². The van der Waals surface area contributed by atoms with Gasteiger partial charge in [-0.05, 0) is 24.6 Å². The van der Waals surface area contributed by atoms with Crippen molar-refractivity contribution in [2.45, 2.75) is 24.8 Å². The number of rotatable bonds is 10. The number of carbonyl (C=O) groups excluding carboxylic acids is 1. The molecule has 0 aliphatic heterocycles. The zero-order chi connectivity index (χ0) is 20.6. The molecule has 0 radical (unpaired) electrons. The fourth-order valence-electron chi connectivity index (χ4n) is 2.65. The van der Waals surface area contributed by atoms with E-state index in [2.05, 4.69) is 0 Å². The summed E-state index contributed by atoms with van der Waals surface area (Å²) < 4.78 is 43.1. The summed E-state index contributed by atoms with van der Waals surface area (Å²) in [4.78, 5) is 11.8. The molecule has 0 spiro atoms. The average Bonchev–Trinajstić information content (AvgIpc) is 2.71. The number of hydrogen-bond donors (Lipinski definition) is 0. The van der Waals surface area contributed by atoms with E-state index in [1.54, 1.807) is 6.92 Å². The van der Waals surface area contributed by atoms with Crippen molar-refractivity contribution in [3.8, 4) is 11.5 Å². The van der Waals surface area contributed by atoms with Gasteiger partial charge in [-0.25, -0.2) is 8.42 Å². The standard InChI is InChI=1S/C20H25NO6S/c1-4-27-20(22)12-13-21(15-16-8-6-5-7-9-16)28(23,24)17-10-11-18(25-2)19(14-17)26-3/h5-11,14H,4,12-13,15H2,1-3H3. The summed E-state index contributed by atoms with van der Waals surface area (Å²) in [6.07, 6.45) is -0.0345. The first kappa shape index (κ1) is 21.7. The summed E-state index contributed by atoms with van der Waals surface area (Å²) in [5.41, 5.74) is 0.815. The van der Waals surface area contributed by atoms with Crippen LogP contribution in [0.2, 0.25) is 0 Å². The maximum absolute atomic E-state index is 13.3. The summed E-state index contributed by atoms with van der Waals surface area (Å²) >= 11 is 0. The van der Waals surface area contributed by atoms with Crippen LogP contribution in [0.3, 0.4) is 0 Å². The molecule has 0 heterocycles. The fraction of sp³-hybridized carbons (Fsp3) is 0.350. The molecule has 0 saturated carbocycles. The van der Waals surface area contributed by atoms with E-state index in [0.717, 1.165) is 5.56 Å². The van der Waals surface area contributed by atoms with Crippen molar-refractivity contribution in [3.05, 3.63) is 54.1 Å². The van der Waals surface area contributed by atoms with Gasteiger partial charge in [-0.3, -0.25) is 4.79 Å². The van der Waals surface area contributed by atoms with Gasteiger partial charge in [-0.15, -0.1) is 0 Å². The van der Waals surface area contributed by atoms with Gasteiger partial charge in [-0.2, -0.15) is 4.31 Å². The van der Waals surface area contributed by atoms with Gasteiger partial charge in [0, 0.05) is 19.2 Å². The fourth-order valence-corrected chi connectivity index (χ4v) is 4.09. The molecule has 8 heteroatoms. The van der Waals surface area contributed by atoms with Crippen LogP contribution < -0.4 is 9.47 Å². The van der Waals surface area contributed by atoms with Gasteiger partial charge in [0.25, 0.3) is 0 Å². The van der Waals surface area contributed by atoms with Crippen LogP contribution in [-0.2, 0) is 26.1 Å².